The van der Waals surface area contributed by atoms with Crippen molar-refractivity contribution in [2.24, 2.45) is 5.92 Å². The molecule has 1 aliphatic heterocycles. The normalized spacial score (nSPS) is 21.4. The maximum absolute atomic E-state index is 5.85. The number of aryl methyl sites for hydroxylation is 1. The summed E-state index contributed by atoms with van der Waals surface area (Å²) in [7, 11) is 0. The zero-order valence-corrected chi connectivity index (χ0v) is 8.92. The molecule has 3 nitrogen and oxygen atoms in total. The Morgan fingerprint density at radius 3 is 3.07 bits per heavy atom. The van der Waals surface area contributed by atoms with Crippen molar-refractivity contribution in [1.82, 2.24) is 9.97 Å². The topological polar surface area (TPSA) is 35.0 Å². The predicted octanol–water partition coefficient (Wildman–Crippen LogP) is 2.02. The Hall–Kier alpha value is -0.670. The molecule has 14 heavy (non-hydrogen) atoms. The van der Waals surface area contributed by atoms with E-state index < -0.39 is 0 Å². The highest BCUT2D eigenvalue weighted by Gasteiger charge is 2.17. The van der Waals surface area contributed by atoms with Crippen molar-refractivity contribution in [3.63, 3.8) is 0 Å². The highest BCUT2D eigenvalue weighted by molar-refractivity contribution is 6.29. The summed E-state index contributed by atoms with van der Waals surface area (Å²) in [6, 6.07) is 1.77. The first-order valence-corrected chi connectivity index (χ1v) is 5.19. The summed E-state index contributed by atoms with van der Waals surface area (Å²) >= 11 is 5.85. The average molecular weight is 213 g/mol. The number of aromatic nitrogens is 2. The second-order valence-corrected chi connectivity index (χ2v) is 4.07. The molecule has 0 bridgehead atoms. The van der Waals surface area contributed by atoms with Crippen molar-refractivity contribution in [2.75, 3.05) is 13.2 Å². The van der Waals surface area contributed by atoms with Crippen molar-refractivity contribution < 1.29 is 4.74 Å². The van der Waals surface area contributed by atoms with Gasteiger partial charge in [-0.15, -0.1) is 0 Å². The fraction of sp³-hybridized carbons (Fsp3) is 0.600. The molecule has 76 valence electrons. The van der Waals surface area contributed by atoms with Crippen LogP contribution in [0.5, 0.6) is 0 Å². The van der Waals surface area contributed by atoms with Crippen LogP contribution in [0.25, 0.3) is 0 Å². The van der Waals surface area contributed by atoms with Crippen LogP contribution in [0.1, 0.15) is 17.9 Å². The van der Waals surface area contributed by atoms with Gasteiger partial charge >= 0.3 is 0 Å². The molecule has 1 aliphatic rings. The van der Waals surface area contributed by atoms with Crippen LogP contribution in [-0.2, 0) is 11.2 Å². The summed E-state index contributed by atoms with van der Waals surface area (Å²) in [4.78, 5) is 8.54. The number of rotatable bonds is 2. The van der Waals surface area contributed by atoms with Crippen LogP contribution in [0, 0.1) is 12.8 Å². The molecule has 2 rings (SSSR count). The third kappa shape index (κ3) is 2.42. The summed E-state index contributed by atoms with van der Waals surface area (Å²) in [5.41, 5.74) is 0.930. The van der Waals surface area contributed by atoms with Gasteiger partial charge in [-0.25, -0.2) is 9.97 Å². The summed E-state index contributed by atoms with van der Waals surface area (Å²) in [5, 5.41) is 0.534. The molecule has 1 atom stereocenters. The first-order valence-electron chi connectivity index (χ1n) is 4.82. The second kappa shape index (κ2) is 4.24. The lowest BCUT2D eigenvalue weighted by molar-refractivity contribution is 0.185. The third-order valence-electron chi connectivity index (χ3n) is 2.36. The van der Waals surface area contributed by atoms with E-state index in [2.05, 4.69) is 9.97 Å². The summed E-state index contributed by atoms with van der Waals surface area (Å²) in [6.07, 6.45) is 1.98. The van der Waals surface area contributed by atoms with Gasteiger partial charge in [-0.3, -0.25) is 0 Å². The highest BCUT2D eigenvalue weighted by Crippen LogP contribution is 2.17. The molecule has 0 aliphatic carbocycles. The second-order valence-electron chi connectivity index (χ2n) is 3.68. The fourth-order valence-electron chi connectivity index (χ4n) is 1.68. The molecule has 0 spiro atoms. The van der Waals surface area contributed by atoms with Gasteiger partial charge in [0.2, 0.25) is 0 Å². The van der Waals surface area contributed by atoms with Crippen LogP contribution in [0.15, 0.2) is 6.07 Å². The van der Waals surface area contributed by atoms with E-state index in [4.69, 9.17) is 16.3 Å². The molecule has 2 heterocycles. The van der Waals surface area contributed by atoms with Crippen molar-refractivity contribution >= 4 is 11.6 Å². The lowest BCUT2D eigenvalue weighted by Crippen LogP contribution is -2.07. The Kier molecular flexibility index (Phi) is 2.99. The van der Waals surface area contributed by atoms with Gasteiger partial charge in [0.1, 0.15) is 11.0 Å². The zero-order chi connectivity index (χ0) is 9.97. The van der Waals surface area contributed by atoms with E-state index >= 15 is 0 Å². The number of halogens is 1. The molecular weight excluding hydrogens is 200 g/mol. The minimum absolute atomic E-state index is 0.534. The van der Waals surface area contributed by atoms with Gasteiger partial charge in [0, 0.05) is 25.3 Å². The van der Waals surface area contributed by atoms with Crippen molar-refractivity contribution in [2.45, 2.75) is 19.8 Å². The number of ether oxygens (including phenoxy) is 1. The Morgan fingerprint density at radius 2 is 2.43 bits per heavy atom. The monoisotopic (exact) mass is 212 g/mol. The van der Waals surface area contributed by atoms with Crippen molar-refractivity contribution in [3.05, 3.63) is 22.7 Å². The van der Waals surface area contributed by atoms with Gasteiger partial charge < -0.3 is 4.74 Å². The van der Waals surface area contributed by atoms with Crippen molar-refractivity contribution in [3.8, 4) is 0 Å². The van der Waals surface area contributed by atoms with E-state index in [0.29, 0.717) is 11.1 Å². The first kappa shape index (κ1) is 9.87. The van der Waals surface area contributed by atoms with E-state index in [-0.39, 0.29) is 0 Å². The minimum Gasteiger partial charge on any atom is -0.381 e. The molecule has 1 fully saturated rings. The lowest BCUT2D eigenvalue weighted by atomic mass is 10.1. The molecule has 0 amide bonds. The molecule has 1 unspecified atom stereocenters. The molecule has 0 N–H and O–H groups in total. The standard InChI is InChI=1S/C10H13ClN2O/c1-7-4-9(11)13-10(12-7)5-8-2-3-14-6-8/h4,8H,2-3,5-6H2,1H3. The van der Waals surface area contributed by atoms with E-state index in [9.17, 15) is 0 Å². The third-order valence-corrected chi connectivity index (χ3v) is 2.56. The highest BCUT2D eigenvalue weighted by atomic mass is 35.5. The molecule has 4 heteroatoms. The maximum atomic E-state index is 5.85. The van der Waals surface area contributed by atoms with Gasteiger partial charge in [0.25, 0.3) is 0 Å². The molecule has 0 aromatic carbocycles. The van der Waals surface area contributed by atoms with Gasteiger partial charge in [-0.05, 0) is 25.3 Å². The Labute approximate surface area is 88.5 Å². The molecule has 1 aromatic heterocycles. The molecule has 0 saturated carbocycles. The fourth-order valence-corrected chi connectivity index (χ4v) is 1.94. The Morgan fingerprint density at radius 1 is 1.57 bits per heavy atom. The Bertz CT molecular complexity index is 304. The zero-order valence-electron chi connectivity index (χ0n) is 8.16. The lowest BCUT2D eigenvalue weighted by Gasteiger charge is -2.06. The van der Waals surface area contributed by atoms with Gasteiger partial charge in [0.15, 0.2) is 0 Å². The summed E-state index contributed by atoms with van der Waals surface area (Å²) in [6.45, 7) is 3.63. The minimum atomic E-state index is 0.534. The van der Waals surface area contributed by atoms with Crippen LogP contribution in [0.4, 0.5) is 0 Å². The smallest absolute Gasteiger partial charge is 0.133 e. The quantitative estimate of drug-likeness (QED) is 0.704. The SMILES string of the molecule is Cc1cc(Cl)nc(CC2CCOC2)n1. The number of hydrogen-bond acceptors (Lipinski definition) is 3. The van der Waals surface area contributed by atoms with Gasteiger partial charge in [0.05, 0.1) is 0 Å². The summed E-state index contributed by atoms with van der Waals surface area (Å²) in [5.74, 6) is 1.40. The van der Waals surface area contributed by atoms with Crippen LogP contribution in [0.2, 0.25) is 5.15 Å². The van der Waals surface area contributed by atoms with E-state index in [0.717, 1.165) is 37.6 Å². The molecular formula is C10H13ClN2O. The van der Waals surface area contributed by atoms with Crippen LogP contribution >= 0.6 is 11.6 Å². The first-order chi connectivity index (χ1) is 6.74. The number of hydrogen-bond donors (Lipinski definition) is 0. The van der Waals surface area contributed by atoms with Crippen LogP contribution < -0.4 is 0 Å². The van der Waals surface area contributed by atoms with E-state index in [1.165, 1.54) is 0 Å². The molecule has 0 radical (unpaired) electrons. The van der Waals surface area contributed by atoms with Crippen LogP contribution in [-0.4, -0.2) is 23.2 Å². The van der Waals surface area contributed by atoms with Gasteiger partial charge in [-0.2, -0.15) is 0 Å². The number of nitrogens with zero attached hydrogens (tertiary/aromatic N) is 2. The molecule has 1 aromatic rings. The van der Waals surface area contributed by atoms with Crippen LogP contribution in [0.3, 0.4) is 0 Å². The van der Waals surface area contributed by atoms with Gasteiger partial charge in [-0.1, -0.05) is 11.6 Å². The average Bonchev–Trinajstić information content (AvgIpc) is 2.54. The van der Waals surface area contributed by atoms with E-state index in [1.54, 1.807) is 6.07 Å². The summed E-state index contributed by atoms with van der Waals surface area (Å²) < 4.78 is 5.30. The molecule has 1 saturated heterocycles. The largest absolute Gasteiger partial charge is 0.381 e. The Balaban J connectivity index is 2.07. The maximum Gasteiger partial charge on any atom is 0.133 e. The van der Waals surface area contributed by atoms with Crippen molar-refractivity contribution in [1.29, 1.82) is 0 Å². The van der Waals surface area contributed by atoms with E-state index in [1.807, 2.05) is 6.92 Å². The predicted molar refractivity (Wildman–Crippen MR) is 54.4 cm³/mol.